The molecule has 0 radical (unpaired) electrons. The predicted molar refractivity (Wildman–Crippen MR) is 117 cm³/mol. The summed E-state index contributed by atoms with van der Waals surface area (Å²) in [7, 11) is 3.27. The van der Waals surface area contributed by atoms with Gasteiger partial charge in [0.05, 0.1) is 26.7 Å². The van der Waals surface area contributed by atoms with Crippen molar-refractivity contribution >= 4 is 17.5 Å². The molecule has 4 rings (SSSR count). The third kappa shape index (κ3) is 4.17. The minimum absolute atomic E-state index is 0.0726. The predicted octanol–water partition coefficient (Wildman–Crippen LogP) is 4.72. The molecule has 0 saturated heterocycles. The van der Waals surface area contributed by atoms with Gasteiger partial charge in [-0.1, -0.05) is 23.7 Å². The Hall–Kier alpha value is -2.92. The second-order valence-corrected chi connectivity index (χ2v) is 7.88. The summed E-state index contributed by atoms with van der Waals surface area (Å²) in [5, 5.41) is 0.688. The standard InChI is InChI=1S/C24H25ClN2O3/c1-29-22-13-18-9-12-27(16-19(18)14-23(22)30-2)24(28)15-21(26-10-3-4-11-26)17-5-7-20(25)8-6-17/h3-8,10-11,13-14,21H,9,12,15-16H2,1-2H3/t21-/m1/s1. The summed E-state index contributed by atoms with van der Waals surface area (Å²) in [6.07, 6.45) is 5.18. The van der Waals surface area contributed by atoms with Gasteiger partial charge in [-0.05, 0) is 59.5 Å². The van der Waals surface area contributed by atoms with Crippen LogP contribution in [0.5, 0.6) is 11.5 Å². The molecule has 0 aliphatic carbocycles. The van der Waals surface area contributed by atoms with Gasteiger partial charge in [0.25, 0.3) is 0 Å². The molecule has 1 aliphatic heterocycles. The second kappa shape index (κ2) is 8.84. The largest absolute Gasteiger partial charge is 0.493 e. The number of aromatic nitrogens is 1. The number of carbonyl (C=O) groups excluding carboxylic acids is 1. The average molecular weight is 425 g/mol. The summed E-state index contributed by atoms with van der Waals surface area (Å²) in [6.45, 7) is 1.27. The Morgan fingerprint density at radius 3 is 2.30 bits per heavy atom. The number of amides is 1. The lowest BCUT2D eigenvalue weighted by molar-refractivity contribution is -0.132. The van der Waals surface area contributed by atoms with Crippen molar-refractivity contribution in [2.24, 2.45) is 0 Å². The Kier molecular flexibility index (Phi) is 6.00. The maximum absolute atomic E-state index is 13.3. The van der Waals surface area contributed by atoms with Crippen LogP contribution in [0.4, 0.5) is 0 Å². The Bertz CT molecular complexity index is 1020. The molecular formula is C24H25ClN2O3. The Morgan fingerprint density at radius 2 is 1.67 bits per heavy atom. The normalized spacial score (nSPS) is 14.2. The molecule has 0 spiro atoms. The second-order valence-electron chi connectivity index (χ2n) is 7.44. The van der Waals surface area contributed by atoms with Crippen molar-refractivity contribution in [1.29, 1.82) is 0 Å². The fourth-order valence-electron chi connectivity index (χ4n) is 4.03. The molecule has 3 aromatic rings. The van der Waals surface area contributed by atoms with Crippen molar-refractivity contribution in [2.75, 3.05) is 20.8 Å². The number of nitrogens with zero attached hydrogens (tertiary/aromatic N) is 2. The molecule has 1 aromatic heterocycles. The SMILES string of the molecule is COc1cc2c(cc1OC)CN(C(=O)C[C@H](c1ccc(Cl)cc1)n1cccc1)CC2. The summed E-state index contributed by atoms with van der Waals surface area (Å²) in [6, 6.07) is 15.6. The molecule has 6 heteroatoms. The number of fused-ring (bicyclic) bond motifs is 1. The van der Waals surface area contributed by atoms with Crippen molar-refractivity contribution in [3.63, 3.8) is 0 Å². The smallest absolute Gasteiger partial charge is 0.225 e. The fraction of sp³-hybridized carbons (Fsp3) is 0.292. The summed E-state index contributed by atoms with van der Waals surface area (Å²) in [5.74, 6) is 1.55. The average Bonchev–Trinajstić information content (AvgIpc) is 3.31. The topological polar surface area (TPSA) is 43.7 Å². The van der Waals surface area contributed by atoms with Crippen LogP contribution >= 0.6 is 11.6 Å². The minimum atomic E-state index is -0.0726. The zero-order chi connectivity index (χ0) is 21.1. The summed E-state index contributed by atoms with van der Waals surface area (Å²) in [4.78, 5) is 15.2. The molecule has 156 valence electrons. The third-order valence-corrected chi connectivity index (χ3v) is 5.93. The highest BCUT2D eigenvalue weighted by atomic mass is 35.5. The Morgan fingerprint density at radius 1 is 1.03 bits per heavy atom. The highest BCUT2D eigenvalue weighted by molar-refractivity contribution is 6.30. The number of methoxy groups -OCH3 is 2. The van der Waals surface area contributed by atoms with Crippen LogP contribution in [0.15, 0.2) is 60.9 Å². The van der Waals surface area contributed by atoms with E-state index in [1.54, 1.807) is 14.2 Å². The molecule has 0 saturated carbocycles. The van der Waals surface area contributed by atoms with Crippen LogP contribution in [0.3, 0.4) is 0 Å². The van der Waals surface area contributed by atoms with Crippen LogP contribution in [0.1, 0.15) is 29.2 Å². The molecule has 0 fully saturated rings. The molecule has 1 atom stereocenters. The van der Waals surface area contributed by atoms with Crippen molar-refractivity contribution in [3.05, 3.63) is 82.6 Å². The first kappa shape index (κ1) is 20.4. The van der Waals surface area contributed by atoms with Crippen LogP contribution in [-0.2, 0) is 17.8 Å². The van der Waals surface area contributed by atoms with Gasteiger partial charge in [0.1, 0.15) is 0 Å². The number of rotatable bonds is 6. The van der Waals surface area contributed by atoms with Gasteiger partial charge >= 0.3 is 0 Å². The molecule has 2 aromatic carbocycles. The van der Waals surface area contributed by atoms with E-state index >= 15 is 0 Å². The van der Waals surface area contributed by atoms with Gasteiger partial charge in [0.2, 0.25) is 5.91 Å². The Balaban J connectivity index is 1.54. The summed E-state index contributed by atoms with van der Waals surface area (Å²) in [5.41, 5.74) is 3.38. The van der Waals surface area contributed by atoms with E-state index in [4.69, 9.17) is 21.1 Å². The number of ether oxygens (including phenoxy) is 2. The summed E-state index contributed by atoms with van der Waals surface area (Å²) >= 11 is 6.06. The van der Waals surface area contributed by atoms with E-state index in [1.807, 2.05) is 65.8 Å². The first-order chi connectivity index (χ1) is 14.6. The van der Waals surface area contributed by atoms with Crippen molar-refractivity contribution in [1.82, 2.24) is 9.47 Å². The van der Waals surface area contributed by atoms with Crippen molar-refractivity contribution in [2.45, 2.75) is 25.4 Å². The van der Waals surface area contributed by atoms with E-state index in [0.29, 0.717) is 30.3 Å². The molecule has 0 unspecified atom stereocenters. The van der Waals surface area contributed by atoms with Crippen LogP contribution < -0.4 is 9.47 Å². The van der Waals surface area contributed by atoms with E-state index in [0.717, 1.165) is 23.3 Å². The van der Waals surface area contributed by atoms with E-state index in [-0.39, 0.29) is 11.9 Å². The molecule has 2 heterocycles. The first-order valence-electron chi connectivity index (χ1n) is 9.98. The van der Waals surface area contributed by atoms with Gasteiger partial charge in [-0.2, -0.15) is 0 Å². The third-order valence-electron chi connectivity index (χ3n) is 5.68. The lowest BCUT2D eigenvalue weighted by atomic mass is 9.97. The highest BCUT2D eigenvalue weighted by Gasteiger charge is 2.26. The molecule has 0 bridgehead atoms. The van der Waals surface area contributed by atoms with Crippen LogP contribution in [0, 0.1) is 0 Å². The maximum Gasteiger partial charge on any atom is 0.225 e. The molecule has 30 heavy (non-hydrogen) atoms. The first-order valence-corrected chi connectivity index (χ1v) is 10.4. The lowest BCUT2D eigenvalue weighted by Gasteiger charge is -2.31. The fourth-order valence-corrected chi connectivity index (χ4v) is 4.15. The zero-order valence-electron chi connectivity index (χ0n) is 17.2. The highest BCUT2D eigenvalue weighted by Crippen LogP contribution is 2.34. The van der Waals surface area contributed by atoms with Crippen LogP contribution in [0.2, 0.25) is 5.02 Å². The van der Waals surface area contributed by atoms with E-state index < -0.39 is 0 Å². The number of hydrogen-bond acceptors (Lipinski definition) is 3. The molecule has 1 amide bonds. The maximum atomic E-state index is 13.3. The molecule has 0 N–H and O–H groups in total. The lowest BCUT2D eigenvalue weighted by Crippen LogP contribution is -2.37. The number of carbonyl (C=O) groups is 1. The number of benzene rings is 2. The van der Waals surface area contributed by atoms with E-state index in [1.165, 1.54) is 5.56 Å². The van der Waals surface area contributed by atoms with E-state index in [9.17, 15) is 4.79 Å². The zero-order valence-corrected chi connectivity index (χ0v) is 17.9. The number of hydrogen-bond donors (Lipinski definition) is 0. The monoisotopic (exact) mass is 424 g/mol. The quantitative estimate of drug-likeness (QED) is 0.575. The molecule has 1 aliphatic rings. The van der Waals surface area contributed by atoms with E-state index in [2.05, 4.69) is 4.57 Å². The van der Waals surface area contributed by atoms with Gasteiger partial charge in [-0.3, -0.25) is 4.79 Å². The van der Waals surface area contributed by atoms with Crippen LogP contribution in [0.25, 0.3) is 0 Å². The van der Waals surface area contributed by atoms with Crippen molar-refractivity contribution < 1.29 is 14.3 Å². The van der Waals surface area contributed by atoms with Crippen molar-refractivity contribution in [3.8, 4) is 11.5 Å². The van der Waals surface area contributed by atoms with Gasteiger partial charge in [0.15, 0.2) is 11.5 Å². The number of halogens is 1. The Labute approximate surface area is 181 Å². The minimum Gasteiger partial charge on any atom is -0.493 e. The summed E-state index contributed by atoms with van der Waals surface area (Å²) < 4.78 is 12.9. The van der Waals surface area contributed by atoms with Gasteiger partial charge in [-0.15, -0.1) is 0 Å². The van der Waals surface area contributed by atoms with Crippen LogP contribution in [-0.4, -0.2) is 36.1 Å². The van der Waals surface area contributed by atoms with Gasteiger partial charge in [0, 0.05) is 30.5 Å². The molecule has 5 nitrogen and oxygen atoms in total. The van der Waals surface area contributed by atoms with Gasteiger partial charge < -0.3 is 18.9 Å². The molecular weight excluding hydrogens is 400 g/mol. The van der Waals surface area contributed by atoms with Gasteiger partial charge in [-0.25, -0.2) is 0 Å².